The molecule has 3 saturated heterocycles. The monoisotopic (exact) mass is 969 g/mol. The lowest BCUT2D eigenvalue weighted by Gasteiger charge is -2.63. The second-order valence-electron chi connectivity index (χ2n) is 21.5. The van der Waals surface area contributed by atoms with Crippen LogP contribution in [-0.2, 0) is 15.2 Å². The van der Waals surface area contributed by atoms with Crippen molar-refractivity contribution in [2.24, 2.45) is 22.7 Å². The van der Waals surface area contributed by atoms with Crippen LogP contribution in [0, 0.1) is 39.8 Å². The van der Waals surface area contributed by atoms with Gasteiger partial charge < -0.3 is 34.9 Å². The Morgan fingerprint density at radius 2 is 1.71 bits per heavy atom. The number of carbonyl (C=O) groups excluding carboxylic acids is 2. The third-order valence-corrected chi connectivity index (χ3v) is 15.6. The van der Waals surface area contributed by atoms with Crippen LogP contribution in [-0.4, -0.2) is 121 Å². The standard InChI is InChI=1S/C53H70ClFN8O6/c1-31(2)63(23-24-67-42-11-10-12-43(44(42)55)69-41-16-14-34(53(7,8)66)25-38(41)39-30-61(9)47(65)45-37(39)17-20-57-45)35-18-21-62(22-19-35)50-58-28-33(29-59-50)46(64)60-48-51(3,4)49(52(48,5)6)68-36-15-13-32(27-56)40(54)26-36/h10-16,25-26,30-31,33,35,37,45,48-50,57-59,66H,17-24,28-29H2,1-9H3,(H,60,64). The summed E-state index contributed by atoms with van der Waals surface area (Å²) in [4.78, 5) is 33.1. The molecule has 5 aliphatic rings. The van der Waals surface area contributed by atoms with Gasteiger partial charge in [-0.2, -0.15) is 9.65 Å². The molecule has 4 fully saturated rings. The van der Waals surface area contributed by atoms with E-state index in [0.717, 1.165) is 37.9 Å². The minimum Gasteiger partial charge on any atom is -0.489 e. The number of likely N-dealkylation sites (tertiary alicyclic amines) is 1. The molecule has 16 heteroatoms. The van der Waals surface area contributed by atoms with E-state index >= 15 is 4.39 Å². The molecule has 5 N–H and O–H groups in total. The summed E-state index contributed by atoms with van der Waals surface area (Å²) in [6, 6.07) is 17.6. The van der Waals surface area contributed by atoms with E-state index in [4.69, 9.17) is 25.8 Å². The second kappa shape index (κ2) is 20.1. The number of rotatable bonds is 15. The predicted molar refractivity (Wildman–Crippen MR) is 264 cm³/mol. The van der Waals surface area contributed by atoms with Gasteiger partial charge in [-0.25, -0.2) is 0 Å². The number of nitrogens with zero attached hydrogens (tertiary/aromatic N) is 4. The summed E-state index contributed by atoms with van der Waals surface area (Å²) in [6.45, 7) is 20.7. The van der Waals surface area contributed by atoms with Crippen molar-refractivity contribution < 1.29 is 33.3 Å². The number of hydrogen-bond acceptors (Lipinski definition) is 12. The molecule has 2 unspecified atom stereocenters. The number of ether oxygens (including phenoxy) is 3. The number of carbonyl (C=O) groups is 2. The minimum atomic E-state index is -1.13. The van der Waals surface area contributed by atoms with Gasteiger partial charge in [0.15, 0.2) is 11.5 Å². The highest BCUT2D eigenvalue weighted by Gasteiger charge is 2.64. The van der Waals surface area contributed by atoms with Crippen molar-refractivity contribution in [3.63, 3.8) is 0 Å². The number of halogens is 2. The zero-order chi connectivity index (χ0) is 49.6. The molecule has 1 saturated carbocycles. The highest BCUT2D eigenvalue weighted by atomic mass is 35.5. The molecule has 0 bridgehead atoms. The highest BCUT2D eigenvalue weighted by molar-refractivity contribution is 6.31. The van der Waals surface area contributed by atoms with Crippen LogP contribution in [0.2, 0.25) is 5.02 Å². The average Bonchev–Trinajstić information content (AvgIpc) is 3.81. The Balaban J connectivity index is 0.821. The molecule has 14 nitrogen and oxygen atoms in total. The van der Waals surface area contributed by atoms with Crippen molar-refractivity contribution in [2.45, 2.75) is 117 Å². The van der Waals surface area contributed by atoms with Gasteiger partial charge in [-0.1, -0.05) is 51.4 Å². The van der Waals surface area contributed by atoms with E-state index < -0.39 is 11.4 Å². The number of nitriles is 1. The fourth-order valence-corrected chi connectivity index (χ4v) is 11.9. The molecule has 372 valence electrons. The summed E-state index contributed by atoms with van der Waals surface area (Å²) >= 11 is 6.28. The summed E-state index contributed by atoms with van der Waals surface area (Å²) in [6.07, 6.45) is 4.29. The molecule has 0 aromatic heterocycles. The average molecular weight is 970 g/mol. The lowest BCUT2D eigenvalue weighted by Crippen LogP contribution is -2.75. The smallest absolute Gasteiger partial charge is 0.244 e. The van der Waals surface area contributed by atoms with Gasteiger partial charge in [-0.3, -0.25) is 30.0 Å². The second-order valence-corrected chi connectivity index (χ2v) is 21.9. The molecule has 0 spiro atoms. The molecule has 69 heavy (non-hydrogen) atoms. The van der Waals surface area contributed by atoms with Crippen LogP contribution in [0.3, 0.4) is 0 Å². The molecule has 4 aliphatic heterocycles. The first kappa shape index (κ1) is 50.6. The quantitative estimate of drug-likeness (QED) is 0.108. The normalized spacial score (nSPS) is 26.0. The highest BCUT2D eigenvalue weighted by Crippen LogP contribution is 2.56. The molecule has 8 rings (SSSR count). The Labute approximate surface area is 411 Å². The summed E-state index contributed by atoms with van der Waals surface area (Å²) in [5, 5.41) is 34.4. The Morgan fingerprint density at radius 1 is 1.01 bits per heavy atom. The van der Waals surface area contributed by atoms with Gasteiger partial charge in [-0.15, -0.1) is 0 Å². The molecule has 0 radical (unpaired) electrons. The molecule has 1 aliphatic carbocycles. The van der Waals surface area contributed by atoms with Crippen molar-refractivity contribution in [2.75, 3.05) is 52.9 Å². The van der Waals surface area contributed by atoms with E-state index in [2.05, 4.69) is 78.7 Å². The fourth-order valence-electron chi connectivity index (χ4n) is 11.7. The van der Waals surface area contributed by atoms with E-state index in [1.165, 1.54) is 0 Å². The number of likely N-dealkylation sites (N-methyl/N-ethyl adjacent to an activating group) is 1. The maximum atomic E-state index is 16.3. The van der Waals surface area contributed by atoms with Gasteiger partial charge >= 0.3 is 0 Å². The van der Waals surface area contributed by atoms with Crippen molar-refractivity contribution in [1.29, 1.82) is 5.26 Å². The number of benzene rings is 3. The van der Waals surface area contributed by atoms with E-state index in [9.17, 15) is 20.0 Å². The molecule has 2 amide bonds. The third kappa shape index (κ3) is 10.4. The zero-order valence-corrected chi connectivity index (χ0v) is 42.3. The molecular formula is C53H70ClFN8O6. The van der Waals surface area contributed by atoms with Gasteiger partial charge in [-0.05, 0) is 101 Å². The van der Waals surface area contributed by atoms with Crippen molar-refractivity contribution in [3.8, 4) is 29.1 Å². The predicted octanol–water partition coefficient (Wildman–Crippen LogP) is 6.81. The van der Waals surface area contributed by atoms with Gasteiger partial charge in [0.25, 0.3) is 0 Å². The number of piperidine rings is 1. The van der Waals surface area contributed by atoms with Crippen LogP contribution in [0.25, 0.3) is 5.57 Å². The lowest BCUT2D eigenvalue weighted by molar-refractivity contribution is -0.174. The lowest BCUT2D eigenvalue weighted by atomic mass is 9.49. The Morgan fingerprint density at radius 3 is 2.36 bits per heavy atom. The van der Waals surface area contributed by atoms with Crippen molar-refractivity contribution >= 4 is 29.0 Å². The number of fused-ring (bicyclic) bond motifs is 1. The zero-order valence-electron chi connectivity index (χ0n) is 41.5. The Hall–Kier alpha value is -4.79. The first-order valence-electron chi connectivity index (χ1n) is 24.5. The van der Waals surface area contributed by atoms with E-state index in [0.29, 0.717) is 65.4 Å². The Bertz CT molecular complexity index is 2440. The summed E-state index contributed by atoms with van der Waals surface area (Å²) in [5.74, 6) is 0.251. The van der Waals surface area contributed by atoms with Gasteiger partial charge in [0.2, 0.25) is 17.6 Å². The summed E-state index contributed by atoms with van der Waals surface area (Å²) in [7, 11) is 1.73. The maximum Gasteiger partial charge on any atom is 0.244 e. The van der Waals surface area contributed by atoms with Crippen LogP contribution >= 0.6 is 11.6 Å². The van der Waals surface area contributed by atoms with Crippen LogP contribution in [0.1, 0.15) is 91.3 Å². The van der Waals surface area contributed by atoms with Gasteiger partial charge in [0.05, 0.1) is 28.1 Å². The fraction of sp³-hybridized carbons (Fsp3) is 0.566. The largest absolute Gasteiger partial charge is 0.489 e. The minimum absolute atomic E-state index is 0.00174. The molecule has 2 atom stereocenters. The topological polar surface area (TPSA) is 164 Å². The van der Waals surface area contributed by atoms with Crippen LogP contribution < -0.4 is 35.5 Å². The summed E-state index contributed by atoms with van der Waals surface area (Å²) < 4.78 is 35.2. The summed E-state index contributed by atoms with van der Waals surface area (Å²) in [5.41, 5.74) is 0.853. The van der Waals surface area contributed by atoms with Crippen molar-refractivity contribution in [3.05, 3.63) is 88.3 Å². The van der Waals surface area contributed by atoms with Gasteiger partial charge in [0.1, 0.15) is 36.6 Å². The first-order valence-corrected chi connectivity index (χ1v) is 24.9. The van der Waals surface area contributed by atoms with Crippen LogP contribution in [0.15, 0.2) is 60.8 Å². The number of nitrogens with one attached hydrogen (secondary N) is 4. The molecule has 3 aromatic rings. The number of amides is 2. The van der Waals surface area contributed by atoms with Gasteiger partial charge in [0, 0.05) is 92.5 Å². The molecule has 3 aromatic carbocycles. The maximum absolute atomic E-state index is 16.3. The molecular weight excluding hydrogens is 899 g/mol. The molecule has 4 heterocycles. The number of aliphatic hydroxyl groups is 1. The third-order valence-electron chi connectivity index (χ3n) is 15.2. The van der Waals surface area contributed by atoms with E-state index in [-0.39, 0.29) is 83.1 Å². The van der Waals surface area contributed by atoms with Crippen LogP contribution in [0.4, 0.5) is 4.39 Å². The first-order chi connectivity index (χ1) is 32.7. The van der Waals surface area contributed by atoms with E-state index in [1.54, 1.807) is 74.3 Å². The number of hydrogen-bond donors (Lipinski definition) is 5. The Kier molecular flexibility index (Phi) is 14.8. The van der Waals surface area contributed by atoms with E-state index in [1.807, 2.05) is 12.3 Å². The van der Waals surface area contributed by atoms with Crippen LogP contribution in [0.5, 0.6) is 23.0 Å². The SMILES string of the molecule is CC(C)N(CCOc1cccc(Oc2ccc(C(C)(C)O)cc2C2=CN(C)C(=O)C3NCCC23)c1F)C1CCN(C2NCC(C(=O)NC3C(C)(C)C(Oc4ccc(C#N)c(Cl)c4)C3(C)C)CN2)CC1. The van der Waals surface area contributed by atoms with Crippen molar-refractivity contribution in [1.82, 2.24) is 36.0 Å².